The van der Waals surface area contributed by atoms with E-state index in [0.717, 1.165) is 0 Å². The minimum atomic E-state index is -0.0764. The van der Waals surface area contributed by atoms with E-state index in [-0.39, 0.29) is 5.91 Å². The summed E-state index contributed by atoms with van der Waals surface area (Å²) in [4.78, 5) is 0. The first-order valence-corrected chi connectivity index (χ1v) is 5.19. The number of rotatable bonds is 6. The van der Waals surface area contributed by atoms with E-state index in [2.05, 4.69) is 0 Å². The summed E-state index contributed by atoms with van der Waals surface area (Å²) >= 11 is 5.52. The highest BCUT2D eigenvalue weighted by atomic mass is 35.5. The Morgan fingerprint density at radius 3 is 2.10 bits per heavy atom. The molecule has 0 fully saturated rings. The number of halogens is 1. The fraction of sp³-hybridized carbons (Fsp3) is 1.00. The molecular formula is C6H13ClO2Si. The molecule has 0 aromatic heterocycles. The van der Waals surface area contributed by atoms with Crippen LogP contribution in [0.3, 0.4) is 0 Å². The molecule has 0 heterocycles. The molecule has 0 atom stereocenters. The Morgan fingerprint density at radius 2 is 1.80 bits per heavy atom. The minimum Gasteiger partial charge on any atom is -0.357 e. The first-order chi connectivity index (χ1) is 4.85. The van der Waals surface area contributed by atoms with Crippen LogP contribution in [0, 0.1) is 0 Å². The molecule has 0 saturated heterocycles. The normalized spacial score (nSPS) is 10.8. The van der Waals surface area contributed by atoms with Gasteiger partial charge in [-0.25, -0.2) is 0 Å². The molecule has 0 spiro atoms. The lowest BCUT2D eigenvalue weighted by molar-refractivity contribution is -0.0824. The minimum absolute atomic E-state index is 0.0764. The van der Waals surface area contributed by atoms with E-state index < -0.39 is 0 Å². The standard InChI is InChI=1S/C6H13ClO2Si/c1-3-8-6(9-4-2)10-5-7/h6H,3-5H2,1-2H3. The third kappa shape index (κ3) is 5.23. The summed E-state index contributed by atoms with van der Waals surface area (Å²) < 4.78 is 10.5. The van der Waals surface area contributed by atoms with Crippen molar-refractivity contribution in [2.24, 2.45) is 0 Å². The summed E-state index contributed by atoms with van der Waals surface area (Å²) in [6.45, 7) is 5.28. The topological polar surface area (TPSA) is 18.5 Å². The molecule has 0 unspecified atom stereocenters. The first kappa shape index (κ1) is 10.4. The van der Waals surface area contributed by atoms with E-state index in [9.17, 15) is 0 Å². The second kappa shape index (κ2) is 7.53. The van der Waals surface area contributed by atoms with Crippen molar-refractivity contribution in [1.82, 2.24) is 0 Å². The highest BCUT2D eigenvalue weighted by molar-refractivity contribution is 6.50. The van der Waals surface area contributed by atoms with Crippen LogP contribution in [0.25, 0.3) is 0 Å². The summed E-state index contributed by atoms with van der Waals surface area (Å²) in [6.07, 6.45) is 0. The molecule has 0 amide bonds. The molecule has 4 heteroatoms. The zero-order valence-corrected chi connectivity index (χ0v) is 8.15. The van der Waals surface area contributed by atoms with Gasteiger partial charge in [-0.05, 0) is 13.8 Å². The Kier molecular flexibility index (Phi) is 7.85. The van der Waals surface area contributed by atoms with Gasteiger partial charge in [0.1, 0.15) is 15.4 Å². The molecule has 10 heavy (non-hydrogen) atoms. The number of hydrogen-bond acceptors (Lipinski definition) is 2. The van der Waals surface area contributed by atoms with E-state index in [1.165, 1.54) is 0 Å². The highest BCUT2D eigenvalue weighted by Gasteiger charge is 2.06. The molecule has 60 valence electrons. The van der Waals surface area contributed by atoms with Gasteiger partial charge in [0.2, 0.25) is 0 Å². The summed E-state index contributed by atoms with van der Waals surface area (Å²) in [5, 5.41) is 0. The van der Waals surface area contributed by atoms with Crippen molar-refractivity contribution in [2.75, 3.05) is 18.7 Å². The third-order valence-corrected chi connectivity index (χ3v) is 2.16. The van der Waals surface area contributed by atoms with Gasteiger partial charge in [-0.15, -0.1) is 11.6 Å². The molecule has 2 nitrogen and oxygen atoms in total. The van der Waals surface area contributed by atoms with E-state index in [4.69, 9.17) is 21.1 Å². The fourth-order valence-electron chi connectivity index (χ4n) is 0.532. The molecule has 0 rings (SSSR count). The highest BCUT2D eigenvalue weighted by Crippen LogP contribution is 1.93. The van der Waals surface area contributed by atoms with Crippen LogP contribution in [0.1, 0.15) is 13.8 Å². The summed E-state index contributed by atoms with van der Waals surface area (Å²) in [6, 6.07) is 0. The maximum absolute atomic E-state index is 5.52. The van der Waals surface area contributed by atoms with Crippen LogP contribution in [-0.4, -0.2) is 34.1 Å². The molecule has 0 aliphatic heterocycles. The van der Waals surface area contributed by atoms with Crippen molar-refractivity contribution in [2.45, 2.75) is 19.8 Å². The van der Waals surface area contributed by atoms with Gasteiger partial charge in [-0.1, -0.05) is 0 Å². The van der Waals surface area contributed by atoms with Gasteiger partial charge in [0, 0.05) is 18.7 Å². The van der Waals surface area contributed by atoms with E-state index in [1.807, 2.05) is 13.8 Å². The number of hydrogen-bond donors (Lipinski definition) is 0. The largest absolute Gasteiger partial charge is 0.357 e. The maximum atomic E-state index is 5.52. The average Bonchev–Trinajstić information content (AvgIpc) is 1.90. The molecule has 0 aromatic rings. The van der Waals surface area contributed by atoms with Gasteiger partial charge < -0.3 is 9.47 Å². The predicted octanol–water partition coefficient (Wildman–Crippen LogP) is 1.24. The Morgan fingerprint density at radius 1 is 1.30 bits per heavy atom. The Labute approximate surface area is 69.7 Å². The smallest absolute Gasteiger partial charge is 0.138 e. The van der Waals surface area contributed by atoms with Crippen LogP contribution in [0.15, 0.2) is 0 Å². The Bertz CT molecular complexity index is 58.5. The third-order valence-electron chi connectivity index (χ3n) is 0.880. The van der Waals surface area contributed by atoms with E-state index in [1.54, 1.807) is 0 Å². The molecule has 0 aromatic carbocycles. The van der Waals surface area contributed by atoms with Crippen molar-refractivity contribution >= 4 is 21.1 Å². The molecule has 0 saturated carbocycles. The van der Waals surface area contributed by atoms with Crippen LogP contribution < -0.4 is 0 Å². The van der Waals surface area contributed by atoms with Gasteiger partial charge >= 0.3 is 0 Å². The SMILES string of the molecule is CCOC(OCC)[Si]CCl. The second-order valence-electron chi connectivity index (χ2n) is 1.58. The lowest BCUT2D eigenvalue weighted by atomic mass is 10.9. The first-order valence-electron chi connectivity index (χ1n) is 3.37. The summed E-state index contributed by atoms with van der Waals surface area (Å²) in [7, 11) is 0.541. The van der Waals surface area contributed by atoms with Gasteiger partial charge in [0.05, 0.1) is 0 Å². The summed E-state index contributed by atoms with van der Waals surface area (Å²) in [5.74, 6) is -0.0764. The Hall–Kier alpha value is 0.427. The van der Waals surface area contributed by atoms with Crippen molar-refractivity contribution < 1.29 is 9.47 Å². The van der Waals surface area contributed by atoms with Gasteiger partial charge in [-0.2, -0.15) is 0 Å². The van der Waals surface area contributed by atoms with Crippen molar-refractivity contribution in [3.8, 4) is 0 Å². The van der Waals surface area contributed by atoms with Crippen LogP contribution in [0.2, 0.25) is 0 Å². The lowest BCUT2D eigenvalue weighted by Gasteiger charge is -2.14. The molecule has 0 bridgehead atoms. The van der Waals surface area contributed by atoms with Crippen molar-refractivity contribution in [1.29, 1.82) is 0 Å². The van der Waals surface area contributed by atoms with Crippen molar-refractivity contribution in [3.05, 3.63) is 0 Å². The maximum Gasteiger partial charge on any atom is 0.138 e. The number of ether oxygens (including phenoxy) is 2. The van der Waals surface area contributed by atoms with Gasteiger partial charge in [0.15, 0.2) is 0 Å². The van der Waals surface area contributed by atoms with Crippen molar-refractivity contribution in [3.63, 3.8) is 0 Å². The van der Waals surface area contributed by atoms with E-state index >= 15 is 0 Å². The molecule has 0 N–H and O–H groups in total. The fourth-order valence-corrected chi connectivity index (χ4v) is 1.60. The van der Waals surface area contributed by atoms with Crippen LogP contribution >= 0.6 is 11.6 Å². The Balaban J connectivity index is 3.30. The predicted molar refractivity (Wildman–Crippen MR) is 43.5 cm³/mol. The summed E-state index contributed by atoms with van der Waals surface area (Å²) in [5.41, 5.74) is 0.616. The van der Waals surface area contributed by atoms with E-state index in [0.29, 0.717) is 28.2 Å². The van der Waals surface area contributed by atoms with Crippen LogP contribution in [0.5, 0.6) is 0 Å². The zero-order chi connectivity index (χ0) is 7.82. The monoisotopic (exact) mass is 180 g/mol. The van der Waals surface area contributed by atoms with Crippen LogP contribution in [0.4, 0.5) is 0 Å². The molecular weight excluding hydrogens is 168 g/mol. The second-order valence-corrected chi connectivity index (χ2v) is 3.53. The number of alkyl halides is 1. The van der Waals surface area contributed by atoms with Gasteiger partial charge in [0.25, 0.3) is 0 Å². The van der Waals surface area contributed by atoms with Crippen LogP contribution in [-0.2, 0) is 9.47 Å². The molecule has 0 aliphatic carbocycles. The quantitative estimate of drug-likeness (QED) is 0.348. The average molecular weight is 181 g/mol. The molecule has 2 radical (unpaired) electrons. The zero-order valence-electron chi connectivity index (χ0n) is 6.39. The lowest BCUT2D eigenvalue weighted by Crippen LogP contribution is -2.25. The van der Waals surface area contributed by atoms with Gasteiger partial charge in [-0.3, -0.25) is 0 Å². The molecule has 0 aliphatic rings.